The fourth-order valence-corrected chi connectivity index (χ4v) is 3.77. The Bertz CT molecular complexity index is 1210. The second kappa shape index (κ2) is 12.8. The third kappa shape index (κ3) is 7.15. The highest BCUT2D eigenvalue weighted by molar-refractivity contribution is 6.31. The molecule has 3 aromatic carbocycles. The molecule has 190 valence electrons. The summed E-state index contributed by atoms with van der Waals surface area (Å²) in [4.78, 5) is 23.7. The van der Waals surface area contributed by atoms with Gasteiger partial charge in [0.25, 0.3) is 0 Å². The lowest BCUT2D eigenvalue weighted by Gasteiger charge is -2.14. The molecule has 1 unspecified atom stereocenters. The lowest BCUT2D eigenvalue weighted by Crippen LogP contribution is -2.24. The van der Waals surface area contributed by atoms with Gasteiger partial charge in [-0.1, -0.05) is 54.9 Å². The number of aliphatic carboxylic acids is 1. The van der Waals surface area contributed by atoms with Crippen LogP contribution >= 0.6 is 11.6 Å². The van der Waals surface area contributed by atoms with Crippen molar-refractivity contribution in [3.8, 4) is 22.6 Å². The summed E-state index contributed by atoms with van der Waals surface area (Å²) in [7, 11) is 1.56. The van der Waals surface area contributed by atoms with E-state index in [0.717, 1.165) is 23.1 Å². The third-order valence-corrected chi connectivity index (χ3v) is 6.00. The van der Waals surface area contributed by atoms with E-state index in [1.807, 2.05) is 43.3 Å². The number of carboxylic acids is 1. The molecular weight excluding hydrogens is 482 g/mol. The monoisotopic (exact) mass is 511 g/mol. The van der Waals surface area contributed by atoms with Gasteiger partial charge in [-0.25, -0.2) is 4.79 Å². The molecule has 1 amide bonds. The van der Waals surface area contributed by atoms with Crippen molar-refractivity contribution >= 4 is 23.7 Å². The van der Waals surface area contributed by atoms with Crippen molar-refractivity contribution in [1.82, 2.24) is 5.32 Å². The molecule has 0 aliphatic rings. The van der Waals surface area contributed by atoms with E-state index in [2.05, 4.69) is 5.32 Å². The largest absolute Gasteiger partial charge is 0.496 e. The molecule has 0 fully saturated rings. The van der Waals surface area contributed by atoms with Crippen LogP contribution in [-0.2, 0) is 22.7 Å². The van der Waals surface area contributed by atoms with E-state index in [1.165, 1.54) is 0 Å². The zero-order chi connectivity index (χ0) is 26.1. The number of nitrogens with one attached hydrogen (secondary N) is 1. The van der Waals surface area contributed by atoms with Gasteiger partial charge < -0.3 is 24.6 Å². The van der Waals surface area contributed by atoms with Gasteiger partial charge in [-0.3, -0.25) is 4.79 Å². The molecule has 0 aliphatic carbocycles. The maximum Gasteiger partial charge on any atom is 0.407 e. The Labute approximate surface area is 216 Å². The molecule has 0 aliphatic heterocycles. The van der Waals surface area contributed by atoms with Crippen LogP contribution in [0.5, 0.6) is 11.5 Å². The fraction of sp³-hybridized carbons (Fsp3) is 0.286. The number of carboxylic acid groups (broad SMARTS) is 1. The summed E-state index contributed by atoms with van der Waals surface area (Å²) in [5.74, 6) is -0.218. The number of carbonyl (C=O) groups excluding carboxylic acids is 1. The first kappa shape index (κ1) is 26.9. The van der Waals surface area contributed by atoms with Crippen molar-refractivity contribution < 1.29 is 28.9 Å². The summed E-state index contributed by atoms with van der Waals surface area (Å²) >= 11 is 6.29. The van der Waals surface area contributed by atoms with Crippen LogP contribution in [-0.4, -0.2) is 30.9 Å². The number of rotatable bonds is 11. The van der Waals surface area contributed by atoms with Crippen molar-refractivity contribution in [3.05, 3.63) is 82.4 Å². The Morgan fingerprint density at radius 1 is 1.03 bits per heavy atom. The van der Waals surface area contributed by atoms with Crippen molar-refractivity contribution in [3.63, 3.8) is 0 Å². The maximum atomic E-state index is 12.3. The molecule has 0 saturated carbocycles. The number of halogens is 1. The Balaban J connectivity index is 1.65. The third-order valence-electron chi connectivity index (χ3n) is 5.65. The summed E-state index contributed by atoms with van der Waals surface area (Å²) in [6.07, 6.45) is 0.300. The molecule has 1 atom stereocenters. The topological polar surface area (TPSA) is 94.1 Å². The van der Waals surface area contributed by atoms with E-state index in [9.17, 15) is 14.7 Å². The quantitative estimate of drug-likeness (QED) is 0.308. The number of ether oxygens (including phenoxy) is 3. The number of amides is 1. The minimum atomic E-state index is -0.882. The number of hydrogen-bond acceptors (Lipinski definition) is 5. The van der Waals surface area contributed by atoms with E-state index in [0.29, 0.717) is 34.3 Å². The molecule has 0 aromatic heterocycles. The van der Waals surface area contributed by atoms with Gasteiger partial charge in [-0.15, -0.1) is 0 Å². The number of alkyl carbamates (subject to hydrolysis) is 1. The molecule has 0 heterocycles. The molecule has 0 spiro atoms. The van der Waals surface area contributed by atoms with Crippen LogP contribution in [0.3, 0.4) is 0 Å². The smallest absolute Gasteiger partial charge is 0.407 e. The Kier molecular flexibility index (Phi) is 9.59. The van der Waals surface area contributed by atoms with Gasteiger partial charge in [0.05, 0.1) is 24.7 Å². The lowest BCUT2D eigenvalue weighted by molar-refractivity contribution is -0.138. The molecule has 0 radical (unpaired) electrons. The van der Waals surface area contributed by atoms with Crippen LogP contribution in [0.15, 0.2) is 60.7 Å². The SMILES string of the molecule is CCCOc1ccc(COC(=O)NCc2cc(-c3cccc(C(C)C(=O)O)c3)ccc2OC)c(Cl)c1. The summed E-state index contributed by atoms with van der Waals surface area (Å²) in [5.41, 5.74) is 3.87. The van der Waals surface area contributed by atoms with Gasteiger partial charge in [-0.05, 0) is 54.3 Å². The Hall–Kier alpha value is -3.71. The van der Waals surface area contributed by atoms with Gasteiger partial charge in [0.1, 0.15) is 18.1 Å². The normalized spacial score (nSPS) is 11.4. The van der Waals surface area contributed by atoms with Crippen LogP contribution in [0.1, 0.15) is 42.9 Å². The molecule has 0 bridgehead atoms. The second-order valence-corrected chi connectivity index (χ2v) is 8.65. The second-order valence-electron chi connectivity index (χ2n) is 8.24. The highest BCUT2D eigenvalue weighted by Crippen LogP contribution is 2.29. The van der Waals surface area contributed by atoms with Crippen molar-refractivity contribution in [2.75, 3.05) is 13.7 Å². The van der Waals surface area contributed by atoms with Gasteiger partial charge in [0.15, 0.2) is 0 Å². The standard InChI is InChI=1S/C28H30ClNO6/c1-4-12-35-24-10-8-22(25(29)15-24)17-36-28(33)30-16-23-14-21(9-11-26(23)34-3)20-7-5-6-19(13-20)18(2)27(31)32/h5-11,13-15,18H,4,12,16-17H2,1-3H3,(H,30,33)(H,31,32). The summed E-state index contributed by atoms with van der Waals surface area (Å²) < 4.78 is 16.3. The highest BCUT2D eigenvalue weighted by Gasteiger charge is 2.15. The Morgan fingerprint density at radius 3 is 2.50 bits per heavy atom. The van der Waals surface area contributed by atoms with Gasteiger partial charge in [0, 0.05) is 17.7 Å². The lowest BCUT2D eigenvalue weighted by atomic mass is 9.95. The van der Waals surface area contributed by atoms with Gasteiger partial charge in [0.2, 0.25) is 0 Å². The number of benzene rings is 3. The maximum absolute atomic E-state index is 12.3. The number of hydrogen-bond donors (Lipinski definition) is 2. The summed E-state index contributed by atoms with van der Waals surface area (Å²) in [6.45, 7) is 4.47. The molecule has 8 heteroatoms. The zero-order valence-electron chi connectivity index (χ0n) is 20.5. The van der Waals surface area contributed by atoms with Crippen molar-refractivity contribution in [2.24, 2.45) is 0 Å². The van der Waals surface area contributed by atoms with Crippen LogP contribution in [0.2, 0.25) is 5.02 Å². The summed E-state index contributed by atoms with van der Waals surface area (Å²) in [6, 6.07) is 18.3. The average Bonchev–Trinajstić information content (AvgIpc) is 2.89. The molecular formula is C28H30ClNO6. The van der Waals surface area contributed by atoms with Crippen LogP contribution in [0.25, 0.3) is 11.1 Å². The van der Waals surface area contributed by atoms with Crippen molar-refractivity contribution in [1.29, 1.82) is 0 Å². The molecule has 0 saturated heterocycles. The molecule has 7 nitrogen and oxygen atoms in total. The number of carbonyl (C=O) groups is 2. The predicted octanol–water partition coefficient (Wildman–Crippen LogP) is 6.42. The van der Waals surface area contributed by atoms with E-state index in [-0.39, 0.29) is 13.2 Å². The Morgan fingerprint density at radius 2 is 1.81 bits per heavy atom. The minimum absolute atomic E-state index is 0.0183. The average molecular weight is 512 g/mol. The van der Waals surface area contributed by atoms with Crippen LogP contribution in [0.4, 0.5) is 4.79 Å². The minimum Gasteiger partial charge on any atom is -0.496 e. The van der Waals surface area contributed by atoms with Crippen LogP contribution < -0.4 is 14.8 Å². The predicted molar refractivity (Wildman–Crippen MR) is 139 cm³/mol. The highest BCUT2D eigenvalue weighted by atomic mass is 35.5. The fourth-order valence-electron chi connectivity index (χ4n) is 3.54. The molecule has 3 rings (SSSR count). The molecule has 2 N–H and O–H groups in total. The molecule has 36 heavy (non-hydrogen) atoms. The molecule has 3 aromatic rings. The first-order valence-corrected chi connectivity index (χ1v) is 12.0. The van der Waals surface area contributed by atoms with E-state index >= 15 is 0 Å². The van der Waals surface area contributed by atoms with Crippen molar-refractivity contribution in [2.45, 2.75) is 39.3 Å². The van der Waals surface area contributed by atoms with Crippen LogP contribution in [0, 0.1) is 0 Å². The first-order valence-electron chi connectivity index (χ1n) is 11.6. The first-order chi connectivity index (χ1) is 17.3. The van der Waals surface area contributed by atoms with E-state index in [4.69, 9.17) is 25.8 Å². The summed E-state index contributed by atoms with van der Waals surface area (Å²) in [5, 5.41) is 12.5. The van der Waals surface area contributed by atoms with Gasteiger partial charge in [-0.2, -0.15) is 0 Å². The zero-order valence-corrected chi connectivity index (χ0v) is 21.3. The van der Waals surface area contributed by atoms with E-state index < -0.39 is 18.0 Å². The number of methoxy groups -OCH3 is 1. The van der Waals surface area contributed by atoms with Gasteiger partial charge >= 0.3 is 12.1 Å². The van der Waals surface area contributed by atoms with E-state index in [1.54, 1.807) is 38.3 Å².